The summed E-state index contributed by atoms with van der Waals surface area (Å²) in [7, 11) is 3.33. The lowest BCUT2D eigenvalue weighted by Gasteiger charge is -2.33. The van der Waals surface area contributed by atoms with E-state index in [1.807, 2.05) is 24.3 Å². The number of piperidine rings is 1. The summed E-state index contributed by atoms with van der Waals surface area (Å²) in [5.41, 5.74) is 3.24. The van der Waals surface area contributed by atoms with E-state index in [9.17, 15) is 5.21 Å². The molecule has 0 amide bonds. The largest absolute Gasteiger partial charge is 0.497 e. The SMILES string of the molecule is COc1ccc([C@@H]2C/C(=N\O)[C@H](C)[C@@H](c3ccc(OC)cc3)[NH2+]2)cc1. The molecule has 3 N–H and O–H groups in total. The Bertz CT molecular complexity index is 726. The highest BCUT2D eigenvalue weighted by atomic mass is 16.5. The van der Waals surface area contributed by atoms with Crippen LogP contribution in [0.1, 0.15) is 36.6 Å². The molecule has 2 aromatic rings. The van der Waals surface area contributed by atoms with E-state index in [1.165, 1.54) is 11.1 Å². The fraction of sp³-hybridized carbons (Fsp3) is 0.350. The molecule has 0 aromatic heterocycles. The first-order valence-corrected chi connectivity index (χ1v) is 8.50. The Morgan fingerprint density at radius 2 is 1.44 bits per heavy atom. The van der Waals surface area contributed by atoms with E-state index in [4.69, 9.17) is 9.47 Å². The van der Waals surface area contributed by atoms with E-state index in [0.717, 1.165) is 23.6 Å². The number of oxime groups is 1. The van der Waals surface area contributed by atoms with E-state index >= 15 is 0 Å². The van der Waals surface area contributed by atoms with E-state index in [1.54, 1.807) is 14.2 Å². The predicted molar refractivity (Wildman–Crippen MR) is 96.4 cm³/mol. The number of hydrogen-bond donors (Lipinski definition) is 2. The van der Waals surface area contributed by atoms with Gasteiger partial charge in [0.25, 0.3) is 0 Å². The average Bonchev–Trinajstić information content (AvgIpc) is 2.68. The molecule has 3 rings (SSSR count). The zero-order valence-electron chi connectivity index (χ0n) is 14.8. The second kappa shape index (κ2) is 7.57. The second-order valence-corrected chi connectivity index (χ2v) is 6.46. The van der Waals surface area contributed by atoms with Gasteiger partial charge in [0.05, 0.1) is 25.8 Å². The third-order valence-electron chi connectivity index (χ3n) is 5.11. The van der Waals surface area contributed by atoms with Crippen LogP contribution < -0.4 is 14.8 Å². The normalized spacial score (nSPS) is 24.9. The maximum Gasteiger partial charge on any atom is 0.120 e. The van der Waals surface area contributed by atoms with Crippen molar-refractivity contribution in [3.8, 4) is 11.5 Å². The molecule has 0 spiro atoms. The first-order chi connectivity index (χ1) is 12.2. The molecule has 0 unspecified atom stereocenters. The number of quaternary nitrogens is 1. The summed E-state index contributed by atoms with van der Waals surface area (Å²) in [6.07, 6.45) is 0.733. The van der Waals surface area contributed by atoms with Crippen molar-refractivity contribution in [3.05, 3.63) is 59.7 Å². The molecule has 1 saturated heterocycles. The van der Waals surface area contributed by atoms with Gasteiger partial charge >= 0.3 is 0 Å². The third-order valence-corrected chi connectivity index (χ3v) is 5.11. The van der Waals surface area contributed by atoms with E-state index < -0.39 is 0 Å². The number of rotatable bonds is 4. The molecule has 1 aliphatic rings. The number of hydrogen-bond acceptors (Lipinski definition) is 4. The lowest BCUT2D eigenvalue weighted by atomic mass is 9.81. The standard InChI is InChI=1S/C20H24N2O3/c1-13-18(22-23)12-19(14-4-8-16(24-2)9-5-14)21-20(13)15-6-10-17(25-3)11-7-15/h4-11,13,19-21,23H,12H2,1-3H3/p+1/b22-18+/t13-,19-,20-/m0/s1. The molecule has 25 heavy (non-hydrogen) atoms. The van der Waals surface area contributed by atoms with Crippen molar-refractivity contribution < 1.29 is 20.0 Å². The highest BCUT2D eigenvalue weighted by Gasteiger charge is 2.37. The zero-order valence-corrected chi connectivity index (χ0v) is 14.8. The minimum Gasteiger partial charge on any atom is -0.497 e. The molecule has 1 heterocycles. The molecule has 0 radical (unpaired) electrons. The van der Waals surface area contributed by atoms with Gasteiger partial charge in [-0.2, -0.15) is 0 Å². The Kier molecular flexibility index (Phi) is 5.24. The zero-order chi connectivity index (χ0) is 17.8. The van der Waals surface area contributed by atoms with E-state index in [0.29, 0.717) is 0 Å². The molecule has 132 valence electrons. The molecule has 0 aliphatic carbocycles. The summed E-state index contributed by atoms with van der Waals surface area (Å²) >= 11 is 0. The van der Waals surface area contributed by atoms with Crippen molar-refractivity contribution in [1.29, 1.82) is 0 Å². The van der Waals surface area contributed by atoms with E-state index in [-0.39, 0.29) is 18.0 Å². The average molecular weight is 341 g/mol. The van der Waals surface area contributed by atoms with Gasteiger partial charge in [0.2, 0.25) is 0 Å². The Morgan fingerprint density at radius 3 is 1.92 bits per heavy atom. The van der Waals surface area contributed by atoms with Crippen LogP contribution in [-0.2, 0) is 0 Å². The minimum atomic E-state index is 0.160. The smallest absolute Gasteiger partial charge is 0.120 e. The van der Waals surface area contributed by atoms with Gasteiger partial charge in [0.1, 0.15) is 23.6 Å². The van der Waals surface area contributed by atoms with Crippen LogP contribution in [0.25, 0.3) is 0 Å². The third kappa shape index (κ3) is 3.61. The van der Waals surface area contributed by atoms with Gasteiger partial charge < -0.3 is 20.0 Å². The minimum absolute atomic E-state index is 0.160. The van der Waals surface area contributed by atoms with Gasteiger partial charge in [0, 0.05) is 17.5 Å². The van der Waals surface area contributed by atoms with Gasteiger partial charge in [-0.15, -0.1) is 0 Å². The molecule has 0 bridgehead atoms. The van der Waals surface area contributed by atoms with Gasteiger partial charge in [-0.05, 0) is 48.5 Å². The molecule has 3 atom stereocenters. The van der Waals surface area contributed by atoms with Crippen LogP contribution in [0.4, 0.5) is 0 Å². The van der Waals surface area contributed by atoms with Crippen LogP contribution in [0.2, 0.25) is 0 Å². The monoisotopic (exact) mass is 341 g/mol. The van der Waals surface area contributed by atoms with Gasteiger partial charge in [-0.1, -0.05) is 12.1 Å². The summed E-state index contributed by atoms with van der Waals surface area (Å²) in [6.45, 7) is 2.12. The molecular formula is C20H25N2O3+. The van der Waals surface area contributed by atoms with Crippen molar-refractivity contribution in [3.63, 3.8) is 0 Å². The highest BCUT2D eigenvalue weighted by molar-refractivity contribution is 5.87. The number of nitrogens with zero attached hydrogens (tertiary/aromatic N) is 1. The van der Waals surface area contributed by atoms with Crippen LogP contribution >= 0.6 is 0 Å². The lowest BCUT2D eigenvalue weighted by molar-refractivity contribution is -0.741. The molecule has 5 nitrogen and oxygen atoms in total. The summed E-state index contributed by atoms with van der Waals surface area (Å²) < 4.78 is 10.5. The quantitative estimate of drug-likeness (QED) is 0.664. The van der Waals surface area contributed by atoms with Gasteiger partial charge in [-0.25, -0.2) is 0 Å². The van der Waals surface area contributed by atoms with Gasteiger partial charge in [-0.3, -0.25) is 0 Å². The Balaban J connectivity index is 1.88. The fourth-order valence-electron chi connectivity index (χ4n) is 3.54. The first kappa shape index (κ1) is 17.3. The molecule has 0 saturated carbocycles. The van der Waals surface area contributed by atoms with Crippen LogP contribution in [0, 0.1) is 5.92 Å². The van der Waals surface area contributed by atoms with Crippen molar-refractivity contribution in [2.75, 3.05) is 14.2 Å². The van der Waals surface area contributed by atoms with Crippen LogP contribution in [0.15, 0.2) is 53.7 Å². The van der Waals surface area contributed by atoms with Crippen LogP contribution in [0.3, 0.4) is 0 Å². The van der Waals surface area contributed by atoms with Crippen molar-refractivity contribution in [1.82, 2.24) is 0 Å². The van der Waals surface area contributed by atoms with E-state index in [2.05, 4.69) is 41.7 Å². The maximum atomic E-state index is 9.49. The van der Waals surface area contributed by atoms with Crippen molar-refractivity contribution >= 4 is 5.71 Å². The summed E-state index contributed by atoms with van der Waals surface area (Å²) in [4.78, 5) is 0. The molecular weight excluding hydrogens is 316 g/mol. The predicted octanol–water partition coefficient (Wildman–Crippen LogP) is 2.92. The molecule has 1 fully saturated rings. The topological polar surface area (TPSA) is 67.7 Å². The number of benzene rings is 2. The Morgan fingerprint density at radius 1 is 0.920 bits per heavy atom. The maximum absolute atomic E-state index is 9.49. The highest BCUT2D eigenvalue weighted by Crippen LogP contribution is 2.30. The summed E-state index contributed by atoms with van der Waals surface area (Å²) in [6, 6.07) is 16.6. The summed E-state index contributed by atoms with van der Waals surface area (Å²) in [5, 5.41) is 15.4. The number of ether oxygens (including phenoxy) is 2. The fourth-order valence-corrected chi connectivity index (χ4v) is 3.54. The first-order valence-electron chi connectivity index (χ1n) is 8.50. The van der Waals surface area contributed by atoms with Crippen LogP contribution in [0.5, 0.6) is 11.5 Å². The van der Waals surface area contributed by atoms with Crippen molar-refractivity contribution in [2.24, 2.45) is 11.1 Å². The Labute approximate surface area is 148 Å². The van der Waals surface area contributed by atoms with Crippen molar-refractivity contribution in [2.45, 2.75) is 25.4 Å². The molecule has 1 aliphatic heterocycles. The summed E-state index contributed by atoms with van der Waals surface area (Å²) in [5.74, 6) is 1.85. The van der Waals surface area contributed by atoms with Crippen LogP contribution in [-0.4, -0.2) is 25.1 Å². The Hall–Kier alpha value is -2.53. The lowest BCUT2D eigenvalue weighted by Crippen LogP contribution is -2.90. The van der Waals surface area contributed by atoms with Gasteiger partial charge in [0.15, 0.2) is 0 Å². The molecule has 5 heteroatoms. The number of methoxy groups -OCH3 is 2. The number of nitrogens with two attached hydrogens (primary N) is 1. The molecule has 2 aromatic carbocycles. The second-order valence-electron chi connectivity index (χ2n) is 6.46.